The highest BCUT2D eigenvalue weighted by atomic mass is 127. The van der Waals surface area contributed by atoms with Crippen LogP contribution in [0.1, 0.15) is 35.9 Å². The Hall–Kier alpha value is -0.650. The Balaban J connectivity index is 2.01. The molecule has 0 spiro atoms. The smallest absolute Gasteiger partial charge is 0.270 e. The van der Waals surface area contributed by atoms with Gasteiger partial charge in [0.15, 0.2) is 0 Å². The lowest BCUT2D eigenvalue weighted by atomic mass is 9.82. The van der Waals surface area contributed by atoms with Gasteiger partial charge in [-0.1, -0.05) is 6.92 Å². The summed E-state index contributed by atoms with van der Waals surface area (Å²) >= 11 is 2.22. The molecule has 0 bridgehead atoms. The second kappa shape index (κ2) is 4.69. The van der Waals surface area contributed by atoms with Gasteiger partial charge in [0, 0.05) is 9.61 Å². The minimum atomic E-state index is -0.0450. The van der Waals surface area contributed by atoms with Gasteiger partial charge in [0.25, 0.3) is 5.91 Å². The minimum absolute atomic E-state index is 0.0450. The summed E-state index contributed by atoms with van der Waals surface area (Å²) in [5.74, 6) is 0.702. The van der Waals surface area contributed by atoms with E-state index in [-0.39, 0.29) is 5.91 Å². The molecular weight excluding hydrogens is 315 g/mol. The van der Waals surface area contributed by atoms with Gasteiger partial charge in [0.05, 0.1) is 5.69 Å². The quantitative estimate of drug-likeness (QED) is 0.847. The van der Waals surface area contributed by atoms with Crippen LogP contribution in [0.2, 0.25) is 0 Å². The Morgan fingerprint density at radius 1 is 1.50 bits per heavy atom. The number of carbonyl (C=O) groups excluding carboxylic acids is 1. The number of aryl methyl sites for hydroxylation is 1. The van der Waals surface area contributed by atoms with E-state index >= 15 is 0 Å². The van der Waals surface area contributed by atoms with Crippen molar-refractivity contribution < 1.29 is 4.79 Å². The Kier molecular flexibility index (Phi) is 3.47. The Bertz CT molecular complexity index is 413. The number of hydrogen-bond acceptors (Lipinski definition) is 2. The average molecular weight is 330 g/mol. The molecular formula is C12H15IN2O. The van der Waals surface area contributed by atoms with Gasteiger partial charge in [-0.2, -0.15) is 0 Å². The molecule has 1 heterocycles. The molecule has 1 aromatic heterocycles. The molecule has 1 fully saturated rings. The second-order valence-corrected chi connectivity index (χ2v) is 5.67. The molecule has 1 saturated carbocycles. The van der Waals surface area contributed by atoms with Crippen LogP contribution in [0.25, 0.3) is 0 Å². The third kappa shape index (κ3) is 2.53. The van der Waals surface area contributed by atoms with Crippen molar-refractivity contribution in [2.24, 2.45) is 5.92 Å². The molecule has 1 N–H and O–H groups in total. The van der Waals surface area contributed by atoms with Gasteiger partial charge in [-0.05, 0) is 60.4 Å². The maximum atomic E-state index is 11.8. The number of hydrogen-bond donors (Lipinski definition) is 1. The molecule has 16 heavy (non-hydrogen) atoms. The summed E-state index contributed by atoms with van der Waals surface area (Å²) in [6.45, 7) is 4.12. The molecule has 0 aromatic carbocycles. The van der Waals surface area contributed by atoms with Crippen LogP contribution < -0.4 is 5.32 Å². The van der Waals surface area contributed by atoms with E-state index in [9.17, 15) is 4.79 Å². The molecule has 1 aliphatic carbocycles. The molecule has 1 aromatic rings. The van der Waals surface area contributed by atoms with Crippen LogP contribution in [0.4, 0.5) is 0 Å². The van der Waals surface area contributed by atoms with Crippen LogP contribution >= 0.6 is 22.6 Å². The topological polar surface area (TPSA) is 42.0 Å². The normalized spacial score (nSPS) is 23.7. The number of carbonyl (C=O) groups is 1. The summed E-state index contributed by atoms with van der Waals surface area (Å²) in [7, 11) is 0. The lowest BCUT2D eigenvalue weighted by Crippen LogP contribution is -2.43. The van der Waals surface area contributed by atoms with E-state index in [0.717, 1.165) is 28.0 Å². The minimum Gasteiger partial charge on any atom is -0.348 e. The number of rotatable bonds is 2. The maximum Gasteiger partial charge on any atom is 0.270 e. The van der Waals surface area contributed by atoms with Crippen molar-refractivity contribution >= 4 is 28.5 Å². The van der Waals surface area contributed by atoms with Crippen LogP contribution in [0, 0.1) is 16.4 Å². The first-order valence-corrected chi connectivity index (χ1v) is 6.58. The highest BCUT2D eigenvalue weighted by Crippen LogP contribution is 2.26. The summed E-state index contributed by atoms with van der Waals surface area (Å²) in [6.07, 6.45) is 2.18. The predicted molar refractivity (Wildman–Crippen MR) is 71.3 cm³/mol. The molecule has 1 aliphatic rings. The van der Waals surface area contributed by atoms with Gasteiger partial charge in [-0.3, -0.25) is 4.79 Å². The number of nitrogens with one attached hydrogen (secondary N) is 1. The standard InChI is InChI=1S/C12H15IN2O/c1-7-5-9(6-7)15-12(16)11-4-3-10(13)8(2)14-11/h3-4,7,9H,5-6H2,1-2H3,(H,15,16)/t7-,9-. The lowest BCUT2D eigenvalue weighted by molar-refractivity contribution is 0.0890. The fraction of sp³-hybridized carbons (Fsp3) is 0.500. The lowest BCUT2D eigenvalue weighted by Gasteiger charge is -2.33. The summed E-state index contributed by atoms with van der Waals surface area (Å²) in [5.41, 5.74) is 1.44. The molecule has 0 atom stereocenters. The van der Waals surface area contributed by atoms with E-state index in [4.69, 9.17) is 0 Å². The van der Waals surface area contributed by atoms with Gasteiger partial charge in [0.1, 0.15) is 5.69 Å². The number of amides is 1. The van der Waals surface area contributed by atoms with E-state index in [1.165, 1.54) is 0 Å². The summed E-state index contributed by atoms with van der Waals surface area (Å²) in [4.78, 5) is 16.1. The molecule has 4 heteroatoms. The van der Waals surface area contributed by atoms with Gasteiger partial charge in [-0.25, -0.2) is 4.98 Å². The third-order valence-corrected chi connectivity index (χ3v) is 4.10. The van der Waals surface area contributed by atoms with Crippen molar-refractivity contribution in [3.63, 3.8) is 0 Å². The van der Waals surface area contributed by atoms with Crippen LogP contribution in [-0.4, -0.2) is 16.9 Å². The monoisotopic (exact) mass is 330 g/mol. The first-order valence-electron chi connectivity index (χ1n) is 5.50. The van der Waals surface area contributed by atoms with Crippen molar-refractivity contribution in [2.75, 3.05) is 0 Å². The van der Waals surface area contributed by atoms with Gasteiger partial charge in [0.2, 0.25) is 0 Å². The van der Waals surface area contributed by atoms with Crippen LogP contribution in [-0.2, 0) is 0 Å². The van der Waals surface area contributed by atoms with Crippen molar-refractivity contribution in [3.8, 4) is 0 Å². The molecule has 0 saturated heterocycles. The first kappa shape index (κ1) is 11.8. The van der Waals surface area contributed by atoms with E-state index in [1.807, 2.05) is 13.0 Å². The van der Waals surface area contributed by atoms with Crippen LogP contribution in [0.3, 0.4) is 0 Å². The van der Waals surface area contributed by atoms with Gasteiger partial charge < -0.3 is 5.32 Å². The summed E-state index contributed by atoms with van der Waals surface area (Å²) < 4.78 is 1.09. The predicted octanol–water partition coefficient (Wildman–Crippen LogP) is 2.52. The number of nitrogens with zero attached hydrogens (tertiary/aromatic N) is 1. The van der Waals surface area contributed by atoms with Crippen molar-refractivity contribution in [3.05, 3.63) is 27.1 Å². The van der Waals surface area contributed by atoms with E-state index in [0.29, 0.717) is 11.7 Å². The molecule has 86 valence electrons. The van der Waals surface area contributed by atoms with Crippen molar-refractivity contribution in [1.82, 2.24) is 10.3 Å². The summed E-state index contributed by atoms with van der Waals surface area (Å²) in [6, 6.07) is 4.07. The first-order chi connectivity index (χ1) is 7.56. The Morgan fingerprint density at radius 2 is 2.19 bits per heavy atom. The molecule has 0 radical (unpaired) electrons. The zero-order valence-corrected chi connectivity index (χ0v) is 11.6. The molecule has 3 nitrogen and oxygen atoms in total. The fourth-order valence-electron chi connectivity index (χ4n) is 1.95. The highest BCUT2D eigenvalue weighted by Gasteiger charge is 2.27. The molecule has 0 unspecified atom stereocenters. The average Bonchev–Trinajstić information content (AvgIpc) is 2.19. The third-order valence-electron chi connectivity index (χ3n) is 2.96. The SMILES string of the molecule is Cc1nc(C(=O)N[C@H]2C[C@H](C)C2)ccc1I. The van der Waals surface area contributed by atoms with Gasteiger partial charge >= 0.3 is 0 Å². The van der Waals surface area contributed by atoms with E-state index in [2.05, 4.69) is 39.8 Å². The zero-order valence-electron chi connectivity index (χ0n) is 9.46. The number of halogens is 1. The number of aromatic nitrogens is 1. The Labute approximate surface area is 109 Å². The van der Waals surface area contributed by atoms with E-state index < -0.39 is 0 Å². The summed E-state index contributed by atoms with van der Waals surface area (Å²) in [5, 5.41) is 3.01. The van der Waals surface area contributed by atoms with Crippen molar-refractivity contribution in [1.29, 1.82) is 0 Å². The molecule has 2 rings (SSSR count). The fourth-order valence-corrected chi connectivity index (χ4v) is 2.25. The largest absolute Gasteiger partial charge is 0.348 e. The second-order valence-electron chi connectivity index (χ2n) is 4.51. The number of pyridine rings is 1. The van der Waals surface area contributed by atoms with Crippen LogP contribution in [0.15, 0.2) is 12.1 Å². The molecule has 0 aliphatic heterocycles. The molecule has 1 amide bonds. The highest BCUT2D eigenvalue weighted by molar-refractivity contribution is 14.1. The zero-order chi connectivity index (χ0) is 11.7. The Morgan fingerprint density at radius 3 is 2.75 bits per heavy atom. The maximum absolute atomic E-state index is 11.8. The van der Waals surface area contributed by atoms with Gasteiger partial charge in [-0.15, -0.1) is 0 Å². The van der Waals surface area contributed by atoms with E-state index in [1.54, 1.807) is 6.07 Å². The van der Waals surface area contributed by atoms with Crippen LogP contribution in [0.5, 0.6) is 0 Å². The van der Waals surface area contributed by atoms with Crippen molar-refractivity contribution in [2.45, 2.75) is 32.7 Å².